The molecule has 1 N–H and O–H groups in total. The van der Waals surface area contributed by atoms with Crippen LogP contribution < -0.4 is 5.32 Å². The molecular formula is C15H16ClN3O. The number of hydrogen-bond donors (Lipinski definition) is 1. The van der Waals surface area contributed by atoms with E-state index in [9.17, 15) is 4.79 Å². The van der Waals surface area contributed by atoms with Crippen LogP contribution in [-0.4, -0.2) is 15.9 Å². The maximum absolute atomic E-state index is 12.4. The van der Waals surface area contributed by atoms with E-state index in [0.29, 0.717) is 11.4 Å². The van der Waals surface area contributed by atoms with Gasteiger partial charge in [-0.1, -0.05) is 50.6 Å². The third-order valence-corrected chi connectivity index (χ3v) is 3.04. The van der Waals surface area contributed by atoms with E-state index in [1.165, 1.54) is 12.4 Å². The van der Waals surface area contributed by atoms with Gasteiger partial charge >= 0.3 is 0 Å². The molecule has 4 nitrogen and oxygen atoms in total. The summed E-state index contributed by atoms with van der Waals surface area (Å²) in [5.74, 6) is 0.176. The lowest BCUT2D eigenvalue weighted by molar-refractivity contribution is 0.102. The third-order valence-electron chi connectivity index (χ3n) is 2.84. The fourth-order valence-electron chi connectivity index (χ4n) is 1.90. The molecule has 0 unspecified atom stereocenters. The number of nitrogens with one attached hydrogen (secondary N) is 1. The summed E-state index contributed by atoms with van der Waals surface area (Å²) in [5.41, 5.74) is 1.51. The zero-order valence-electron chi connectivity index (χ0n) is 11.6. The molecule has 5 heteroatoms. The van der Waals surface area contributed by atoms with Crippen molar-refractivity contribution in [3.8, 4) is 0 Å². The van der Waals surface area contributed by atoms with E-state index in [2.05, 4.69) is 36.1 Å². The SMILES string of the molecule is CC(C)(C)c1ccccc1C(=O)Nc1cnc(Cl)cn1. The van der Waals surface area contributed by atoms with Gasteiger partial charge in [0.2, 0.25) is 0 Å². The van der Waals surface area contributed by atoms with Crippen LogP contribution in [0.4, 0.5) is 5.82 Å². The zero-order chi connectivity index (χ0) is 14.8. The predicted octanol–water partition coefficient (Wildman–Crippen LogP) is 3.68. The summed E-state index contributed by atoms with van der Waals surface area (Å²) in [6, 6.07) is 7.54. The topological polar surface area (TPSA) is 54.9 Å². The minimum Gasteiger partial charge on any atom is -0.305 e. The largest absolute Gasteiger partial charge is 0.305 e. The van der Waals surface area contributed by atoms with E-state index in [1.807, 2.05) is 18.2 Å². The van der Waals surface area contributed by atoms with Gasteiger partial charge in [-0.15, -0.1) is 0 Å². The van der Waals surface area contributed by atoms with Gasteiger partial charge in [0.25, 0.3) is 5.91 Å². The monoisotopic (exact) mass is 289 g/mol. The first kappa shape index (κ1) is 14.5. The smallest absolute Gasteiger partial charge is 0.257 e. The molecule has 0 fully saturated rings. The van der Waals surface area contributed by atoms with Crippen LogP contribution in [0, 0.1) is 0 Å². The van der Waals surface area contributed by atoms with Gasteiger partial charge in [-0.25, -0.2) is 9.97 Å². The molecule has 2 rings (SSSR count). The van der Waals surface area contributed by atoms with E-state index in [0.717, 1.165) is 5.56 Å². The van der Waals surface area contributed by atoms with Crippen molar-refractivity contribution in [2.75, 3.05) is 5.32 Å². The Bertz CT molecular complexity index is 618. The molecule has 2 aromatic rings. The Hall–Kier alpha value is -1.94. The molecule has 1 aromatic heterocycles. The summed E-state index contributed by atoms with van der Waals surface area (Å²) < 4.78 is 0. The molecule has 1 heterocycles. The molecule has 0 aliphatic heterocycles. The molecule has 0 bridgehead atoms. The van der Waals surface area contributed by atoms with Gasteiger partial charge in [-0.3, -0.25) is 4.79 Å². The van der Waals surface area contributed by atoms with Crippen molar-refractivity contribution in [1.29, 1.82) is 0 Å². The molecule has 0 spiro atoms. The maximum Gasteiger partial charge on any atom is 0.257 e. The molecule has 0 saturated carbocycles. The number of benzene rings is 1. The number of halogens is 1. The zero-order valence-corrected chi connectivity index (χ0v) is 12.4. The summed E-state index contributed by atoms with van der Waals surface area (Å²) >= 11 is 5.66. The van der Waals surface area contributed by atoms with Crippen molar-refractivity contribution in [2.24, 2.45) is 0 Å². The Balaban J connectivity index is 2.28. The van der Waals surface area contributed by atoms with Crippen molar-refractivity contribution in [1.82, 2.24) is 9.97 Å². The molecule has 0 aliphatic rings. The van der Waals surface area contributed by atoms with Gasteiger partial charge in [-0.05, 0) is 17.0 Å². The Morgan fingerprint density at radius 3 is 2.45 bits per heavy atom. The Morgan fingerprint density at radius 1 is 1.15 bits per heavy atom. The lowest BCUT2D eigenvalue weighted by Crippen LogP contribution is -2.21. The average Bonchev–Trinajstić information content (AvgIpc) is 2.40. The van der Waals surface area contributed by atoms with Crippen molar-refractivity contribution in [2.45, 2.75) is 26.2 Å². The second-order valence-electron chi connectivity index (χ2n) is 5.47. The predicted molar refractivity (Wildman–Crippen MR) is 80.1 cm³/mol. The van der Waals surface area contributed by atoms with Crippen molar-refractivity contribution >= 4 is 23.3 Å². The van der Waals surface area contributed by atoms with Crippen LogP contribution in [0.25, 0.3) is 0 Å². The molecule has 0 aliphatic carbocycles. The molecular weight excluding hydrogens is 274 g/mol. The van der Waals surface area contributed by atoms with E-state index in [4.69, 9.17) is 11.6 Å². The normalized spacial score (nSPS) is 11.2. The van der Waals surface area contributed by atoms with Crippen molar-refractivity contribution in [3.05, 3.63) is 52.9 Å². The number of nitrogens with zero attached hydrogens (tertiary/aromatic N) is 2. The fraction of sp³-hybridized carbons (Fsp3) is 0.267. The first-order chi connectivity index (χ1) is 9.38. The second kappa shape index (κ2) is 5.59. The molecule has 1 amide bonds. The maximum atomic E-state index is 12.4. The number of carbonyl (C=O) groups excluding carboxylic acids is 1. The van der Waals surface area contributed by atoms with Gasteiger partial charge in [0.15, 0.2) is 5.82 Å². The summed E-state index contributed by atoms with van der Waals surface area (Å²) in [4.78, 5) is 20.2. The molecule has 0 radical (unpaired) electrons. The second-order valence-corrected chi connectivity index (χ2v) is 5.86. The van der Waals surface area contributed by atoms with Gasteiger partial charge in [0, 0.05) is 5.56 Å². The molecule has 104 valence electrons. The van der Waals surface area contributed by atoms with Crippen LogP contribution in [0.15, 0.2) is 36.7 Å². The van der Waals surface area contributed by atoms with Gasteiger partial charge in [0.1, 0.15) is 5.15 Å². The standard InChI is InChI=1S/C15H16ClN3O/c1-15(2,3)11-7-5-4-6-10(11)14(20)19-13-9-17-12(16)8-18-13/h4-9H,1-3H3,(H,18,19,20). The van der Waals surface area contributed by atoms with Gasteiger partial charge in [-0.2, -0.15) is 0 Å². The van der Waals surface area contributed by atoms with Crippen LogP contribution in [0.2, 0.25) is 5.15 Å². The molecule has 1 aromatic carbocycles. The number of rotatable bonds is 2. The summed E-state index contributed by atoms with van der Waals surface area (Å²) in [7, 11) is 0. The fourth-order valence-corrected chi connectivity index (χ4v) is 1.99. The molecule has 0 saturated heterocycles. The Kier molecular flexibility index (Phi) is 4.04. The third kappa shape index (κ3) is 3.33. The number of hydrogen-bond acceptors (Lipinski definition) is 3. The lowest BCUT2D eigenvalue weighted by Gasteiger charge is -2.22. The number of carbonyl (C=O) groups is 1. The highest BCUT2D eigenvalue weighted by molar-refractivity contribution is 6.29. The Morgan fingerprint density at radius 2 is 1.85 bits per heavy atom. The summed E-state index contributed by atoms with van der Waals surface area (Å²) in [6.45, 7) is 6.21. The van der Waals surface area contributed by atoms with Crippen LogP contribution in [0.3, 0.4) is 0 Å². The lowest BCUT2D eigenvalue weighted by atomic mass is 9.83. The summed E-state index contributed by atoms with van der Waals surface area (Å²) in [6.07, 6.45) is 2.83. The van der Waals surface area contributed by atoms with E-state index < -0.39 is 0 Å². The van der Waals surface area contributed by atoms with E-state index >= 15 is 0 Å². The van der Waals surface area contributed by atoms with Crippen LogP contribution in [0.5, 0.6) is 0 Å². The minimum atomic E-state index is -0.202. The van der Waals surface area contributed by atoms with E-state index in [1.54, 1.807) is 6.07 Å². The van der Waals surface area contributed by atoms with Crippen LogP contribution in [0.1, 0.15) is 36.7 Å². The molecule has 20 heavy (non-hydrogen) atoms. The quantitative estimate of drug-likeness (QED) is 0.917. The highest BCUT2D eigenvalue weighted by atomic mass is 35.5. The Labute approximate surface area is 123 Å². The summed E-state index contributed by atoms with van der Waals surface area (Å²) in [5, 5.41) is 3.02. The average molecular weight is 290 g/mol. The first-order valence-corrected chi connectivity index (χ1v) is 6.64. The minimum absolute atomic E-state index is 0.112. The van der Waals surface area contributed by atoms with Crippen LogP contribution in [-0.2, 0) is 5.41 Å². The van der Waals surface area contributed by atoms with Gasteiger partial charge < -0.3 is 5.32 Å². The number of anilines is 1. The number of amides is 1. The first-order valence-electron chi connectivity index (χ1n) is 6.26. The van der Waals surface area contributed by atoms with Crippen LogP contribution >= 0.6 is 11.6 Å². The van der Waals surface area contributed by atoms with Gasteiger partial charge in [0.05, 0.1) is 12.4 Å². The highest BCUT2D eigenvalue weighted by Crippen LogP contribution is 2.26. The highest BCUT2D eigenvalue weighted by Gasteiger charge is 2.21. The van der Waals surface area contributed by atoms with Crippen molar-refractivity contribution in [3.63, 3.8) is 0 Å². The van der Waals surface area contributed by atoms with E-state index in [-0.39, 0.29) is 16.5 Å². The van der Waals surface area contributed by atoms with Crippen molar-refractivity contribution < 1.29 is 4.79 Å². The number of aromatic nitrogens is 2. The molecule has 0 atom stereocenters.